The lowest BCUT2D eigenvalue weighted by Crippen LogP contribution is -1.97. The molecule has 0 saturated heterocycles. The van der Waals surface area contributed by atoms with Crippen LogP contribution in [0.1, 0.15) is 33.6 Å². The van der Waals surface area contributed by atoms with Gasteiger partial charge in [0.05, 0.1) is 17.4 Å². The number of carbonyl (C=O) groups is 1. The van der Waals surface area contributed by atoms with Gasteiger partial charge in [0.25, 0.3) is 0 Å². The molecule has 1 aromatic heterocycles. The Morgan fingerprint density at radius 2 is 2.12 bits per heavy atom. The van der Waals surface area contributed by atoms with Crippen LogP contribution in [0.25, 0.3) is 10.1 Å². The molecule has 0 amide bonds. The second-order valence-corrected chi connectivity index (χ2v) is 5.50. The van der Waals surface area contributed by atoms with Crippen LogP contribution in [-0.2, 0) is 12.8 Å². The van der Waals surface area contributed by atoms with E-state index in [0.717, 1.165) is 16.7 Å². The molecule has 0 atom stereocenters. The van der Waals surface area contributed by atoms with Gasteiger partial charge in [0.15, 0.2) is 6.29 Å². The molecule has 0 unspecified atom stereocenters. The minimum Gasteiger partial charge on any atom is -0.494 e. The number of thiophene rings is 1. The van der Waals surface area contributed by atoms with Crippen molar-refractivity contribution in [1.29, 1.82) is 0 Å². The normalized spacial score (nSPS) is 14.6. The van der Waals surface area contributed by atoms with E-state index >= 15 is 0 Å². The van der Waals surface area contributed by atoms with Crippen molar-refractivity contribution in [3.8, 4) is 5.75 Å². The number of hydrogen-bond acceptors (Lipinski definition) is 3. The minimum absolute atomic E-state index is 0.651. The monoisotopic (exact) mass is 246 g/mol. The molecule has 1 aliphatic rings. The molecular weight excluding hydrogens is 232 g/mol. The van der Waals surface area contributed by atoms with E-state index in [1.807, 2.05) is 6.07 Å². The van der Waals surface area contributed by atoms with Crippen molar-refractivity contribution < 1.29 is 9.53 Å². The van der Waals surface area contributed by atoms with E-state index in [1.165, 1.54) is 41.5 Å². The van der Waals surface area contributed by atoms with E-state index in [1.54, 1.807) is 18.4 Å². The van der Waals surface area contributed by atoms with Crippen molar-refractivity contribution >= 4 is 27.7 Å². The Kier molecular flexibility index (Phi) is 2.63. The number of methoxy groups -OCH3 is 1. The summed E-state index contributed by atoms with van der Waals surface area (Å²) in [5.41, 5.74) is 2.13. The number of carbonyl (C=O) groups excluding carboxylic acids is 1. The van der Waals surface area contributed by atoms with Gasteiger partial charge in [0, 0.05) is 4.88 Å². The second-order valence-electron chi connectivity index (χ2n) is 4.39. The molecule has 0 N–H and O–H groups in total. The topological polar surface area (TPSA) is 26.3 Å². The molecule has 0 radical (unpaired) electrons. The van der Waals surface area contributed by atoms with Crippen LogP contribution in [0.3, 0.4) is 0 Å². The molecule has 2 aromatic rings. The average molecular weight is 246 g/mol. The Morgan fingerprint density at radius 1 is 1.29 bits per heavy atom. The van der Waals surface area contributed by atoms with Gasteiger partial charge in [-0.1, -0.05) is 6.07 Å². The fraction of sp³-hybridized carbons (Fsp3) is 0.357. The maximum atomic E-state index is 11.0. The molecule has 0 spiro atoms. The quantitative estimate of drug-likeness (QED) is 0.757. The van der Waals surface area contributed by atoms with Gasteiger partial charge in [-0.15, -0.1) is 11.3 Å². The molecule has 3 rings (SSSR count). The first-order chi connectivity index (χ1) is 8.35. The molecule has 0 bridgehead atoms. The van der Waals surface area contributed by atoms with E-state index in [-0.39, 0.29) is 0 Å². The number of aryl methyl sites for hydroxylation is 2. The Hall–Kier alpha value is -1.35. The van der Waals surface area contributed by atoms with Crippen molar-refractivity contribution in [2.24, 2.45) is 0 Å². The van der Waals surface area contributed by atoms with Crippen molar-refractivity contribution in [3.05, 3.63) is 28.1 Å². The van der Waals surface area contributed by atoms with Crippen molar-refractivity contribution in [2.75, 3.05) is 7.11 Å². The van der Waals surface area contributed by atoms with Crippen LogP contribution in [0.5, 0.6) is 5.75 Å². The number of aldehydes is 1. The smallest absolute Gasteiger partial charge is 0.153 e. The highest BCUT2D eigenvalue weighted by atomic mass is 32.1. The highest BCUT2D eigenvalue weighted by Crippen LogP contribution is 2.41. The first-order valence-corrected chi connectivity index (χ1v) is 6.73. The number of ether oxygens (including phenoxy) is 1. The van der Waals surface area contributed by atoms with E-state index in [4.69, 9.17) is 4.74 Å². The maximum absolute atomic E-state index is 11.0. The molecule has 2 nitrogen and oxygen atoms in total. The third-order valence-electron chi connectivity index (χ3n) is 3.44. The SMILES string of the molecule is COc1c(C=O)ccc2c3c(sc12)CCCC3. The summed E-state index contributed by atoms with van der Waals surface area (Å²) in [5, 5.41) is 1.28. The Morgan fingerprint density at radius 3 is 2.88 bits per heavy atom. The van der Waals surface area contributed by atoms with Crippen LogP contribution in [0, 0.1) is 0 Å². The third kappa shape index (κ3) is 1.57. The van der Waals surface area contributed by atoms with E-state index in [0.29, 0.717) is 5.56 Å². The summed E-state index contributed by atoms with van der Waals surface area (Å²) < 4.78 is 6.55. The van der Waals surface area contributed by atoms with Gasteiger partial charge in [-0.3, -0.25) is 4.79 Å². The van der Waals surface area contributed by atoms with E-state index in [9.17, 15) is 4.79 Å². The molecule has 0 aliphatic heterocycles. The summed E-state index contributed by atoms with van der Waals surface area (Å²) in [5.74, 6) is 0.747. The first kappa shape index (κ1) is 10.8. The van der Waals surface area contributed by atoms with E-state index in [2.05, 4.69) is 6.07 Å². The highest BCUT2D eigenvalue weighted by Gasteiger charge is 2.19. The second kappa shape index (κ2) is 4.15. The largest absolute Gasteiger partial charge is 0.494 e. The average Bonchev–Trinajstić information content (AvgIpc) is 2.75. The zero-order valence-electron chi connectivity index (χ0n) is 9.79. The Balaban J connectivity index is 2.32. The lowest BCUT2D eigenvalue weighted by atomic mass is 9.96. The lowest BCUT2D eigenvalue weighted by Gasteiger charge is -2.10. The van der Waals surface area contributed by atoms with Crippen molar-refractivity contribution in [1.82, 2.24) is 0 Å². The van der Waals surface area contributed by atoms with Crippen molar-refractivity contribution in [3.63, 3.8) is 0 Å². The fourth-order valence-electron chi connectivity index (χ4n) is 2.62. The molecule has 3 heteroatoms. The number of benzene rings is 1. The highest BCUT2D eigenvalue weighted by molar-refractivity contribution is 7.19. The van der Waals surface area contributed by atoms with Crippen LogP contribution in [0.4, 0.5) is 0 Å². The first-order valence-electron chi connectivity index (χ1n) is 5.91. The number of hydrogen-bond donors (Lipinski definition) is 0. The summed E-state index contributed by atoms with van der Waals surface area (Å²) in [6.45, 7) is 0. The molecular formula is C14H14O2S. The van der Waals surface area contributed by atoms with Gasteiger partial charge in [0.2, 0.25) is 0 Å². The van der Waals surface area contributed by atoms with E-state index < -0.39 is 0 Å². The summed E-state index contributed by atoms with van der Waals surface area (Å²) in [6, 6.07) is 3.94. The third-order valence-corrected chi connectivity index (χ3v) is 4.75. The van der Waals surface area contributed by atoms with Gasteiger partial charge in [-0.05, 0) is 42.7 Å². The summed E-state index contributed by atoms with van der Waals surface area (Å²) in [7, 11) is 1.64. The van der Waals surface area contributed by atoms with Crippen LogP contribution in [0.2, 0.25) is 0 Å². The molecule has 1 aromatic carbocycles. The van der Waals surface area contributed by atoms with Crippen molar-refractivity contribution in [2.45, 2.75) is 25.7 Å². The van der Waals surface area contributed by atoms with Crippen LogP contribution >= 0.6 is 11.3 Å². The zero-order chi connectivity index (χ0) is 11.8. The molecule has 17 heavy (non-hydrogen) atoms. The minimum atomic E-state index is 0.651. The predicted molar refractivity (Wildman–Crippen MR) is 70.4 cm³/mol. The summed E-state index contributed by atoms with van der Waals surface area (Å²) >= 11 is 1.80. The zero-order valence-corrected chi connectivity index (χ0v) is 10.6. The maximum Gasteiger partial charge on any atom is 0.153 e. The standard InChI is InChI=1S/C14H14O2S/c1-16-13-9(8-15)6-7-11-10-4-2-3-5-12(10)17-14(11)13/h6-8H,2-5H2,1H3. The fourth-order valence-corrected chi connectivity index (χ4v) is 4.04. The lowest BCUT2D eigenvalue weighted by molar-refractivity contribution is 0.112. The van der Waals surface area contributed by atoms with Crippen LogP contribution in [-0.4, -0.2) is 13.4 Å². The Bertz CT molecular complexity index is 583. The van der Waals surface area contributed by atoms with Gasteiger partial charge in [0.1, 0.15) is 5.75 Å². The van der Waals surface area contributed by atoms with Crippen LogP contribution < -0.4 is 4.74 Å². The molecule has 0 saturated carbocycles. The van der Waals surface area contributed by atoms with Gasteiger partial charge >= 0.3 is 0 Å². The molecule has 0 fully saturated rings. The molecule has 88 valence electrons. The van der Waals surface area contributed by atoms with Gasteiger partial charge in [-0.2, -0.15) is 0 Å². The number of fused-ring (bicyclic) bond motifs is 3. The number of rotatable bonds is 2. The molecule has 1 aliphatic carbocycles. The Labute approximate surface area is 104 Å². The summed E-state index contributed by atoms with van der Waals surface area (Å²) in [6.07, 6.45) is 5.77. The predicted octanol–water partition coefficient (Wildman–Crippen LogP) is 3.60. The van der Waals surface area contributed by atoms with Gasteiger partial charge in [-0.25, -0.2) is 0 Å². The summed E-state index contributed by atoms with van der Waals surface area (Å²) in [4.78, 5) is 12.5. The molecule has 1 heterocycles. The van der Waals surface area contributed by atoms with Gasteiger partial charge < -0.3 is 4.74 Å². The van der Waals surface area contributed by atoms with Crippen LogP contribution in [0.15, 0.2) is 12.1 Å².